The van der Waals surface area contributed by atoms with Gasteiger partial charge in [0.1, 0.15) is 6.54 Å². The van der Waals surface area contributed by atoms with Gasteiger partial charge in [0.05, 0.1) is 0 Å². The number of halogens is 3. The monoisotopic (exact) mass is 220 g/mol. The van der Waals surface area contributed by atoms with E-state index in [9.17, 15) is 13.2 Å². The van der Waals surface area contributed by atoms with Crippen LogP contribution in [-0.4, -0.2) is 10.7 Å². The molecule has 0 aliphatic rings. The van der Waals surface area contributed by atoms with Crippen molar-refractivity contribution in [3.63, 3.8) is 0 Å². The van der Waals surface area contributed by atoms with Crippen molar-refractivity contribution in [2.24, 2.45) is 5.73 Å². The van der Waals surface area contributed by atoms with Crippen molar-refractivity contribution < 1.29 is 13.2 Å². The molecular formula is C10H15F3N2. The molecule has 2 nitrogen and oxygen atoms in total. The minimum atomic E-state index is -4.18. The molecule has 0 spiro atoms. The first-order valence-electron chi connectivity index (χ1n) is 4.90. The molecule has 1 rings (SSSR count). The quantitative estimate of drug-likeness (QED) is 0.831. The van der Waals surface area contributed by atoms with Gasteiger partial charge in [0.25, 0.3) is 0 Å². The fraction of sp³-hybridized carbons (Fsp3) is 0.600. The maximum atomic E-state index is 12.0. The van der Waals surface area contributed by atoms with Crippen LogP contribution in [0.15, 0.2) is 18.5 Å². The molecule has 1 atom stereocenters. The minimum Gasteiger partial charge on any atom is -0.345 e. The van der Waals surface area contributed by atoms with Gasteiger partial charge < -0.3 is 10.3 Å². The third kappa shape index (κ3) is 3.95. The molecule has 1 heterocycles. The second-order valence-electron chi connectivity index (χ2n) is 3.63. The summed E-state index contributed by atoms with van der Waals surface area (Å²) in [4.78, 5) is 0. The van der Waals surface area contributed by atoms with Gasteiger partial charge in [0.2, 0.25) is 0 Å². The average molecular weight is 220 g/mol. The molecule has 0 aliphatic carbocycles. The molecule has 0 radical (unpaired) electrons. The molecular weight excluding hydrogens is 205 g/mol. The zero-order chi connectivity index (χ0) is 11.5. The van der Waals surface area contributed by atoms with E-state index in [0.717, 1.165) is 23.0 Å². The summed E-state index contributed by atoms with van der Waals surface area (Å²) in [6.45, 7) is 1.04. The van der Waals surface area contributed by atoms with E-state index in [1.54, 1.807) is 6.07 Å². The first kappa shape index (κ1) is 12.1. The summed E-state index contributed by atoms with van der Waals surface area (Å²) in [6.07, 6.45) is 0.416. The normalized spacial score (nSPS) is 14.2. The van der Waals surface area contributed by atoms with Gasteiger partial charge in [-0.05, 0) is 18.1 Å². The highest BCUT2D eigenvalue weighted by atomic mass is 19.4. The van der Waals surface area contributed by atoms with Crippen molar-refractivity contribution in [3.8, 4) is 0 Å². The number of nitrogens with two attached hydrogens (primary N) is 1. The van der Waals surface area contributed by atoms with Crippen LogP contribution in [0.1, 0.15) is 31.4 Å². The lowest BCUT2D eigenvalue weighted by molar-refractivity contribution is -0.140. The van der Waals surface area contributed by atoms with Crippen LogP contribution in [-0.2, 0) is 6.54 Å². The zero-order valence-electron chi connectivity index (χ0n) is 8.59. The van der Waals surface area contributed by atoms with Gasteiger partial charge in [-0.2, -0.15) is 13.2 Å². The van der Waals surface area contributed by atoms with Crippen molar-refractivity contribution in [1.29, 1.82) is 0 Å². The molecule has 0 fully saturated rings. The number of aromatic nitrogens is 1. The summed E-state index contributed by atoms with van der Waals surface area (Å²) < 4.78 is 37.3. The molecule has 2 N–H and O–H groups in total. The zero-order valence-corrected chi connectivity index (χ0v) is 8.59. The van der Waals surface area contributed by atoms with E-state index in [1.165, 1.54) is 12.4 Å². The van der Waals surface area contributed by atoms with Crippen molar-refractivity contribution in [1.82, 2.24) is 4.57 Å². The second-order valence-corrected chi connectivity index (χ2v) is 3.63. The smallest absolute Gasteiger partial charge is 0.345 e. The summed E-state index contributed by atoms with van der Waals surface area (Å²) in [5, 5.41) is 0. The van der Waals surface area contributed by atoms with Crippen LogP contribution in [0.3, 0.4) is 0 Å². The topological polar surface area (TPSA) is 30.9 Å². The fourth-order valence-electron chi connectivity index (χ4n) is 1.46. The lowest BCUT2D eigenvalue weighted by atomic mass is 10.1. The Morgan fingerprint density at radius 1 is 1.47 bits per heavy atom. The third-order valence-corrected chi connectivity index (χ3v) is 2.16. The fourth-order valence-corrected chi connectivity index (χ4v) is 1.46. The molecule has 1 aromatic rings. The Morgan fingerprint density at radius 2 is 2.13 bits per heavy atom. The lowest BCUT2D eigenvalue weighted by Crippen LogP contribution is -2.16. The predicted molar refractivity (Wildman–Crippen MR) is 52.3 cm³/mol. The maximum Gasteiger partial charge on any atom is 0.406 e. The maximum absolute atomic E-state index is 12.0. The van der Waals surface area contributed by atoms with Gasteiger partial charge in [-0.3, -0.25) is 0 Å². The average Bonchev–Trinajstić information content (AvgIpc) is 2.50. The van der Waals surface area contributed by atoms with Crippen LogP contribution >= 0.6 is 0 Å². The van der Waals surface area contributed by atoms with Crippen LogP contribution < -0.4 is 5.73 Å². The first-order valence-corrected chi connectivity index (χ1v) is 4.90. The number of nitrogens with zero attached hydrogens (tertiary/aromatic N) is 1. The number of rotatable bonds is 4. The van der Waals surface area contributed by atoms with Crippen LogP contribution in [0, 0.1) is 0 Å². The summed E-state index contributed by atoms with van der Waals surface area (Å²) >= 11 is 0. The first-order chi connectivity index (χ1) is 6.92. The predicted octanol–water partition coefficient (Wildman–Crippen LogP) is 2.85. The van der Waals surface area contributed by atoms with E-state index in [-0.39, 0.29) is 6.04 Å². The molecule has 0 saturated heterocycles. The highest BCUT2D eigenvalue weighted by Crippen LogP contribution is 2.20. The summed E-state index contributed by atoms with van der Waals surface area (Å²) in [7, 11) is 0. The van der Waals surface area contributed by atoms with E-state index < -0.39 is 12.7 Å². The lowest BCUT2D eigenvalue weighted by Gasteiger charge is -2.09. The molecule has 0 saturated carbocycles. The van der Waals surface area contributed by atoms with Gasteiger partial charge in [0, 0.05) is 18.4 Å². The highest BCUT2D eigenvalue weighted by Gasteiger charge is 2.27. The van der Waals surface area contributed by atoms with Crippen LogP contribution in [0.5, 0.6) is 0 Å². The Bertz CT molecular complexity index is 304. The van der Waals surface area contributed by atoms with Gasteiger partial charge in [-0.25, -0.2) is 0 Å². The van der Waals surface area contributed by atoms with Crippen molar-refractivity contribution in [2.75, 3.05) is 0 Å². The van der Waals surface area contributed by atoms with Crippen molar-refractivity contribution in [2.45, 2.75) is 38.5 Å². The summed E-state index contributed by atoms with van der Waals surface area (Å²) in [5.74, 6) is 0. The van der Waals surface area contributed by atoms with Crippen LogP contribution in [0.2, 0.25) is 0 Å². The summed E-state index contributed by atoms with van der Waals surface area (Å²) in [6, 6.07) is 1.48. The largest absolute Gasteiger partial charge is 0.406 e. The van der Waals surface area contributed by atoms with E-state index >= 15 is 0 Å². The van der Waals surface area contributed by atoms with Crippen LogP contribution in [0.4, 0.5) is 13.2 Å². The molecule has 0 amide bonds. The molecule has 0 aliphatic heterocycles. The van der Waals surface area contributed by atoms with Crippen molar-refractivity contribution >= 4 is 0 Å². The Labute approximate surface area is 86.9 Å². The number of hydrogen-bond donors (Lipinski definition) is 1. The Balaban J connectivity index is 2.64. The Hall–Kier alpha value is -0.970. The minimum absolute atomic E-state index is 0.163. The van der Waals surface area contributed by atoms with E-state index in [4.69, 9.17) is 5.73 Å². The van der Waals surface area contributed by atoms with Gasteiger partial charge in [-0.1, -0.05) is 13.3 Å². The Kier molecular flexibility index (Phi) is 3.79. The van der Waals surface area contributed by atoms with Gasteiger partial charge >= 0.3 is 6.18 Å². The van der Waals surface area contributed by atoms with Crippen LogP contribution in [0.25, 0.3) is 0 Å². The van der Waals surface area contributed by atoms with Gasteiger partial charge in [0.15, 0.2) is 0 Å². The third-order valence-electron chi connectivity index (χ3n) is 2.16. The Morgan fingerprint density at radius 3 is 2.67 bits per heavy atom. The SMILES string of the molecule is CCCC(N)c1ccn(CC(F)(F)F)c1. The standard InChI is InChI=1S/C10H15F3N2/c1-2-3-9(14)8-4-5-15(6-8)7-10(11,12)13/h4-6,9H,2-3,7,14H2,1H3. The molecule has 1 unspecified atom stereocenters. The molecule has 86 valence electrons. The van der Waals surface area contributed by atoms with E-state index in [1.807, 2.05) is 6.92 Å². The number of hydrogen-bond acceptors (Lipinski definition) is 1. The molecule has 1 aromatic heterocycles. The molecule has 15 heavy (non-hydrogen) atoms. The molecule has 0 bridgehead atoms. The molecule has 0 aromatic carbocycles. The highest BCUT2D eigenvalue weighted by molar-refractivity contribution is 5.14. The second kappa shape index (κ2) is 4.70. The molecule has 5 heteroatoms. The van der Waals surface area contributed by atoms with Crippen molar-refractivity contribution in [3.05, 3.63) is 24.0 Å². The van der Waals surface area contributed by atoms with E-state index in [2.05, 4.69) is 0 Å². The van der Waals surface area contributed by atoms with Gasteiger partial charge in [-0.15, -0.1) is 0 Å². The van der Waals surface area contributed by atoms with E-state index in [0.29, 0.717) is 0 Å². The summed E-state index contributed by atoms with van der Waals surface area (Å²) in [5.41, 5.74) is 6.55. The number of alkyl halides is 3.